The van der Waals surface area contributed by atoms with E-state index in [9.17, 15) is 13.2 Å². The predicted octanol–water partition coefficient (Wildman–Crippen LogP) is 4.35. The number of carbonyl (C=O) groups is 1. The third kappa shape index (κ3) is 4.72. The van der Waals surface area contributed by atoms with Crippen molar-refractivity contribution >= 4 is 44.0 Å². The summed E-state index contributed by atoms with van der Waals surface area (Å²) < 4.78 is 32.6. The summed E-state index contributed by atoms with van der Waals surface area (Å²) in [5.41, 5.74) is 2.63. The fourth-order valence-electron chi connectivity index (χ4n) is 3.43. The second-order valence-electron chi connectivity index (χ2n) is 7.38. The number of halogens is 1. The number of hydrogen-bond acceptors (Lipinski definition) is 6. The molecule has 10 heteroatoms. The molecule has 2 aromatic carbocycles. The van der Waals surface area contributed by atoms with E-state index in [1.807, 2.05) is 19.1 Å². The molecule has 0 atom stereocenters. The number of carbonyl (C=O) groups excluding carboxylic acids is 1. The van der Waals surface area contributed by atoms with Crippen molar-refractivity contribution in [2.75, 3.05) is 31.6 Å². The van der Waals surface area contributed by atoms with Gasteiger partial charge in [-0.25, -0.2) is 13.4 Å². The number of sulfonamides is 1. The molecule has 32 heavy (non-hydrogen) atoms. The molecule has 0 bridgehead atoms. The van der Waals surface area contributed by atoms with Crippen molar-refractivity contribution in [2.24, 2.45) is 0 Å². The first kappa shape index (κ1) is 22.9. The molecular formula is C22H22ClN3O4S2. The lowest BCUT2D eigenvalue weighted by Gasteiger charge is -2.26. The molecule has 1 fully saturated rings. The number of hydrogen-bond donors (Lipinski definition) is 1. The highest BCUT2D eigenvalue weighted by atomic mass is 35.5. The number of aromatic nitrogens is 1. The summed E-state index contributed by atoms with van der Waals surface area (Å²) in [6, 6.07) is 11.9. The van der Waals surface area contributed by atoms with E-state index in [0.717, 1.165) is 16.1 Å². The van der Waals surface area contributed by atoms with Crippen LogP contribution in [-0.4, -0.2) is 49.9 Å². The maximum atomic E-state index is 13.0. The SMILES string of the molecule is Cc1ccc(S(=O)(=O)N2CCOCC2)cc1C(=O)Nc1nc(-c2ccc(Cl)cc2)c(C)s1. The summed E-state index contributed by atoms with van der Waals surface area (Å²) in [5, 5.41) is 3.89. The summed E-state index contributed by atoms with van der Waals surface area (Å²) in [6.07, 6.45) is 0. The average Bonchev–Trinajstić information content (AvgIpc) is 3.14. The molecule has 3 aromatic rings. The zero-order chi connectivity index (χ0) is 22.9. The van der Waals surface area contributed by atoms with Gasteiger partial charge < -0.3 is 4.74 Å². The van der Waals surface area contributed by atoms with Crippen molar-refractivity contribution in [3.8, 4) is 11.3 Å². The smallest absolute Gasteiger partial charge is 0.257 e. The van der Waals surface area contributed by atoms with Gasteiger partial charge in [-0.1, -0.05) is 29.8 Å². The maximum absolute atomic E-state index is 13.0. The van der Waals surface area contributed by atoms with Crippen molar-refractivity contribution in [1.82, 2.24) is 9.29 Å². The number of morpholine rings is 1. The molecule has 1 saturated heterocycles. The Kier molecular flexibility index (Phi) is 6.64. The zero-order valence-electron chi connectivity index (χ0n) is 17.6. The molecule has 0 aliphatic carbocycles. The van der Waals surface area contributed by atoms with Crippen molar-refractivity contribution < 1.29 is 17.9 Å². The van der Waals surface area contributed by atoms with Crippen LogP contribution in [0.2, 0.25) is 5.02 Å². The van der Waals surface area contributed by atoms with Crippen LogP contribution in [0.15, 0.2) is 47.4 Å². The maximum Gasteiger partial charge on any atom is 0.257 e. The number of nitrogens with zero attached hydrogens (tertiary/aromatic N) is 2. The largest absolute Gasteiger partial charge is 0.379 e. The number of nitrogens with one attached hydrogen (secondary N) is 1. The van der Waals surface area contributed by atoms with Crippen LogP contribution < -0.4 is 5.32 Å². The molecule has 2 heterocycles. The van der Waals surface area contributed by atoms with E-state index in [-0.39, 0.29) is 4.90 Å². The highest BCUT2D eigenvalue weighted by Crippen LogP contribution is 2.31. The van der Waals surface area contributed by atoms with Crippen molar-refractivity contribution in [3.63, 3.8) is 0 Å². The lowest BCUT2D eigenvalue weighted by molar-refractivity contribution is 0.0730. The summed E-state index contributed by atoms with van der Waals surface area (Å²) in [6.45, 7) is 5.01. The normalized spacial score (nSPS) is 15.0. The van der Waals surface area contributed by atoms with E-state index in [0.29, 0.717) is 47.6 Å². The minimum absolute atomic E-state index is 0.0901. The quantitative estimate of drug-likeness (QED) is 0.573. The second kappa shape index (κ2) is 9.29. The third-order valence-corrected chi connectivity index (χ3v) is 8.23. The number of aryl methyl sites for hydroxylation is 2. The average molecular weight is 492 g/mol. The van der Waals surface area contributed by atoms with Gasteiger partial charge in [0.05, 0.1) is 23.8 Å². The van der Waals surface area contributed by atoms with Crippen LogP contribution in [0.1, 0.15) is 20.8 Å². The first-order valence-electron chi connectivity index (χ1n) is 9.99. The molecular weight excluding hydrogens is 470 g/mol. The molecule has 1 aliphatic rings. The van der Waals surface area contributed by atoms with Gasteiger partial charge in [-0.15, -0.1) is 11.3 Å². The van der Waals surface area contributed by atoms with Crippen molar-refractivity contribution in [1.29, 1.82) is 0 Å². The van der Waals surface area contributed by atoms with E-state index >= 15 is 0 Å². The Morgan fingerprint density at radius 2 is 1.81 bits per heavy atom. The fourth-order valence-corrected chi connectivity index (χ4v) is 5.82. The molecule has 1 aromatic heterocycles. The van der Waals surface area contributed by atoms with Gasteiger partial charge in [0.2, 0.25) is 10.0 Å². The highest BCUT2D eigenvalue weighted by molar-refractivity contribution is 7.89. The lowest BCUT2D eigenvalue weighted by atomic mass is 10.1. The predicted molar refractivity (Wildman–Crippen MR) is 126 cm³/mol. The van der Waals surface area contributed by atoms with Gasteiger partial charge in [-0.3, -0.25) is 10.1 Å². The molecule has 0 spiro atoms. The Labute approximate surface area is 196 Å². The lowest BCUT2D eigenvalue weighted by Crippen LogP contribution is -2.40. The zero-order valence-corrected chi connectivity index (χ0v) is 20.0. The molecule has 0 radical (unpaired) electrons. The van der Waals surface area contributed by atoms with Gasteiger partial charge in [0.1, 0.15) is 0 Å². The van der Waals surface area contributed by atoms with Crippen LogP contribution in [0.3, 0.4) is 0 Å². The summed E-state index contributed by atoms with van der Waals surface area (Å²) in [7, 11) is -3.70. The standard InChI is InChI=1S/C22H22ClN3O4S2/c1-14-3-8-18(32(28,29)26-9-11-30-12-10-26)13-19(14)21(27)25-22-24-20(15(2)31-22)16-4-6-17(23)7-5-16/h3-8,13H,9-12H2,1-2H3,(H,24,25,27). The van der Waals surface area contributed by atoms with Crippen LogP contribution in [0, 0.1) is 13.8 Å². The minimum atomic E-state index is -3.70. The van der Waals surface area contributed by atoms with Gasteiger partial charge in [0.25, 0.3) is 5.91 Å². The molecule has 1 N–H and O–H groups in total. The summed E-state index contributed by atoms with van der Waals surface area (Å²) in [4.78, 5) is 18.6. The summed E-state index contributed by atoms with van der Waals surface area (Å²) >= 11 is 7.32. The third-order valence-electron chi connectivity index (χ3n) is 5.20. The molecule has 0 saturated carbocycles. The van der Waals surface area contributed by atoms with Gasteiger partial charge in [-0.05, 0) is 43.7 Å². The minimum Gasteiger partial charge on any atom is -0.379 e. The fraction of sp³-hybridized carbons (Fsp3) is 0.273. The first-order valence-corrected chi connectivity index (χ1v) is 12.6. The number of ether oxygens (including phenoxy) is 1. The van der Waals surface area contributed by atoms with Crippen LogP contribution >= 0.6 is 22.9 Å². The molecule has 1 aliphatic heterocycles. The Morgan fingerprint density at radius 3 is 2.50 bits per heavy atom. The van der Waals surface area contributed by atoms with E-state index < -0.39 is 15.9 Å². The Hall–Kier alpha value is -2.30. The molecule has 4 rings (SSSR count). The molecule has 1 amide bonds. The number of anilines is 1. The van der Waals surface area contributed by atoms with Crippen molar-refractivity contribution in [3.05, 3.63) is 63.5 Å². The Balaban J connectivity index is 1.58. The Bertz CT molecular complexity index is 1250. The number of rotatable bonds is 5. The van der Waals surface area contributed by atoms with E-state index in [4.69, 9.17) is 16.3 Å². The van der Waals surface area contributed by atoms with Gasteiger partial charge in [0.15, 0.2) is 5.13 Å². The first-order chi connectivity index (χ1) is 15.3. The van der Waals surface area contributed by atoms with Crippen LogP contribution in [-0.2, 0) is 14.8 Å². The number of thiazole rings is 1. The van der Waals surface area contributed by atoms with E-state index in [2.05, 4.69) is 10.3 Å². The molecule has 7 nitrogen and oxygen atoms in total. The van der Waals surface area contributed by atoms with Crippen LogP contribution in [0.25, 0.3) is 11.3 Å². The van der Waals surface area contributed by atoms with Gasteiger partial charge >= 0.3 is 0 Å². The number of benzene rings is 2. The molecule has 0 unspecified atom stereocenters. The van der Waals surface area contributed by atoms with Gasteiger partial charge in [-0.2, -0.15) is 4.31 Å². The Morgan fingerprint density at radius 1 is 1.12 bits per heavy atom. The second-order valence-corrected chi connectivity index (χ2v) is 11.0. The van der Waals surface area contributed by atoms with Crippen molar-refractivity contribution in [2.45, 2.75) is 18.7 Å². The van der Waals surface area contributed by atoms with Gasteiger partial charge in [0, 0.05) is 34.1 Å². The topological polar surface area (TPSA) is 88.6 Å². The highest BCUT2D eigenvalue weighted by Gasteiger charge is 2.27. The van der Waals surface area contributed by atoms with E-state index in [1.165, 1.54) is 27.8 Å². The van der Waals surface area contributed by atoms with Crippen LogP contribution in [0.5, 0.6) is 0 Å². The summed E-state index contributed by atoms with van der Waals surface area (Å²) in [5.74, 6) is -0.405. The van der Waals surface area contributed by atoms with E-state index in [1.54, 1.807) is 25.1 Å². The van der Waals surface area contributed by atoms with Crippen LogP contribution in [0.4, 0.5) is 5.13 Å². The monoisotopic (exact) mass is 491 g/mol. The number of amides is 1. The molecule has 168 valence electrons.